The van der Waals surface area contributed by atoms with Crippen molar-refractivity contribution in [3.8, 4) is 12.3 Å². The van der Waals surface area contributed by atoms with Gasteiger partial charge in [0.2, 0.25) is 3.79 Å². The van der Waals surface area contributed by atoms with Gasteiger partial charge in [-0.05, 0) is 0 Å². The lowest BCUT2D eigenvalue weighted by molar-refractivity contribution is -0.136. The van der Waals surface area contributed by atoms with Crippen molar-refractivity contribution in [1.29, 1.82) is 0 Å². The van der Waals surface area contributed by atoms with E-state index in [0.29, 0.717) is 0 Å². The summed E-state index contributed by atoms with van der Waals surface area (Å²) in [7, 11) is 0. The van der Waals surface area contributed by atoms with Crippen LogP contribution in [0.15, 0.2) is 0 Å². The van der Waals surface area contributed by atoms with Crippen LogP contribution in [0.1, 0.15) is 0 Å². The molecule has 0 saturated carbocycles. The summed E-state index contributed by atoms with van der Waals surface area (Å²) in [5, 5.41) is 0. The molecule has 0 aromatic rings. The first-order valence-electron chi connectivity index (χ1n) is 2.16. The van der Waals surface area contributed by atoms with Gasteiger partial charge in [0.05, 0.1) is 0 Å². The summed E-state index contributed by atoms with van der Waals surface area (Å²) in [6.45, 7) is -0.333. The quantitative estimate of drug-likeness (QED) is 0.278. The number of carbonyl (C=O) groups is 1. The van der Waals surface area contributed by atoms with Gasteiger partial charge in [0.25, 0.3) is 0 Å². The Kier molecular flexibility index (Phi) is 3.88. The summed E-state index contributed by atoms with van der Waals surface area (Å²) in [5.74, 6) is 0.859. The predicted octanol–water partition coefficient (Wildman–Crippen LogP) is 1.53. The van der Waals surface area contributed by atoms with Crippen LogP contribution in [0.2, 0.25) is 0 Å². The van der Waals surface area contributed by atoms with Crippen molar-refractivity contribution in [3.63, 3.8) is 0 Å². The monoisotopic (exact) mass is 200 g/mol. The minimum Gasteiger partial charge on any atom is -0.452 e. The van der Waals surface area contributed by atoms with Gasteiger partial charge in [-0.2, -0.15) is 0 Å². The molecular formula is C5H3Cl3O2. The van der Waals surface area contributed by atoms with Crippen LogP contribution in [0.4, 0.5) is 0 Å². The number of carbonyl (C=O) groups excluding carboxylic acids is 1. The van der Waals surface area contributed by atoms with E-state index in [0.717, 1.165) is 0 Å². The van der Waals surface area contributed by atoms with Crippen molar-refractivity contribution in [3.05, 3.63) is 0 Å². The first-order chi connectivity index (χ1) is 4.45. The van der Waals surface area contributed by atoms with E-state index in [1.54, 1.807) is 5.92 Å². The summed E-state index contributed by atoms with van der Waals surface area (Å²) < 4.78 is 2.69. The predicted molar refractivity (Wildman–Crippen MR) is 40.1 cm³/mol. The van der Waals surface area contributed by atoms with E-state index >= 15 is 0 Å². The van der Waals surface area contributed by atoms with E-state index in [1.807, 2.05) is 0 Å². The third-order valence-corrected chi connectivity index (χ3v) is 0.812. The van der Waals surface area contributed by atoms with Crippen molar-refractivity contribution in [2.24, 2.45) is 0 Å². The normalized spacial score (nSPS) is 10.2. The van der Waals surface area contributed by atoms with E-state index in [1.165, 1.54) is 0 Å². The van der Waals surface area contributed by atoms with Crippen LogP contribution in [0.25, 0.3) is 0 Å². The van der Waals surface area contributed by atoms with Crippen LogP contribution in [0.5, 0.6) is 0 Å². The van der Waals surface area contributed by atoms with Gasteiger partial charge in [0.1, 0.15) is 6.61 Å². The van der Waals surface area contributed by atoms with E-state index in [4.69, 9.17) is 34.8 Å². The SMILES string of the molecule is C#CC(=O)OCC(Cl)(Cl)Cl. The number of rotatable bonds is 1. The molecule has 0 aliphatic rings. The first kappa shape index (κ1) is 9.90. The largest absolute Gasteiger partial charge is 0.452 e. The van der Waals surface area contributed by atoms with Crippen molar-refractivity contribution in [2.75, 3.05) is 6.61 Å². The minimum absolute atomic E-state index is 0.333. The number of alkyl halides is 3. The standard InChI is InChI=1S/C5H3Cl3O2/c1-2-4(9)10-3-5(6,7)8/h1H,3H2. The molecule has 0 amide bonds. The average molecular weight is 201 g/mol. The highest BCUT2D eigenvalue weighted by molar-refractivity contribution is 6.67. The van der Waals surface area contributed by atoms with Crippen LogP contribution in [0.3, 0.4) is 0 Å². The third kappa shape index (κ3) is 6.03. The number of esters is 1. The summed E-state index contributed by atoms with van der Waals surface area (Å²) >= 11 is 15.7. The van der Waals surface area contributed by atoms with Crippen LogP contribution >= 0.6 is 34.8 Å². The van der Waals surface area contributed by atoms with Gasteiger partial charge in [-0.3, -0.25) is 0 Å². The fourth-order valence-corrected chi connectivity index (χ4v) is 0.353. The molecule has 0 aromatic heterocycles. The van der Waals surface area contributed by atoms with Crippen LogP contribution in [-0.4, -0.2) is 16.4 Å². The van der Waals surface area contributed by atoms with E-state index in [2.05, 4.69) is 11.2 Å². The second-order valence-electron chi connectivity index (χ2n) is 1.34. The molecule has 0 saturated heterocycles. The fraction of sp³-hybridized carbons (Fsp3) is 0.400. The molecule has 0 fully saturated rings. The van der Waals surface area contributed by atoms with Gasteiger partial charge < -0.3 is 4.74 Å². The smallest absolute Gasteiger partial charge is 0.384 e. The van der Waals surface area contributed by atoms with Crippen molar-refractivity contribution in [2.45, 2.75) is 3.79 Å². The first-order valence-corrected chi connectivity index (χ1v) is 3.29. The Hall–Kier alpha value is -0.100. The Bertz CT molecular complexity index is 165. The highest BCUT2D eigenvalue weighted by atomic mass is 35.6. The second kappa shape index (κ2) is 3.92. The molecule has 0 aliphatic carbocycles. The Morgan fingerprint density at radius 2 is 2.10 bits per heavy atom. The molecule has 0 rings (SSSR count). The molecule has 5 heteroatoms. The number of halogens is 3. The van der Waals surface area contributed by atoms with E-state index in [9.17, 15) is 4.79 Å². The van der Waals surface area contributed by atoms with Crippen LogP contribution in [0, 0.1) is 12.3 Å². The number of hydrogen-bond donors (Lipinski definition) is 0. The summed E-state index contributed by atoms with van der Waals surface area (Å²) in [4.78, 5) is 10.2. The second-order valence-corrected chi connectivity index (χ2v) is 3.85. The van der Waals surface area contributed by atoms with Gasteiger partial charge in [0, 0.05) is 5.92 Å². The molecule has 0 unspecified atom stereocenters. The lowest BCUT2D eigenvalue weighted by atomic mass is 10.7. The number of ether oxygens (including phenoxy) is 1. The highest BCUT2D eigenvalue weighted by Gasteiger charge is 2.21. The molecule has 0 spiro atoms. The molecule has 56 valence electrons. The zero-order valence-corrected chi connectivity index (χ0v) is 7.00. The van der Waals surface area contributed by atoms with E-state index in [-0.39, 0.29) is 6.61 Å². The maximum atomic E-state index is 10.2. The molecule has 2 nitrogen and oxygen atoms in total. The minimum atomic E-state index is -1.59. The highest BCUT2D eigenvalue weighted by Crippen LogP contribution is 2.25. The lowest BCUT2D eigenvalue weighted by Crippen LogP contribution is -2.15. The molecule has 0 heterocycles. The number of terminal acetylenes is 1. The topological polar surface area (TPSA) is 26.3 Å². The molecular weight excluding hydrogens is 198 g/mol. The van der Waals surface area contributed by atoms with Crippen molar-refractivity contribution in [1.82, 2.24) is 0 Å². The Balaban J connectivity index is 3.58. The Labute approximate surface area is 73.4 Å². The Morgan fingerprint density at radius 3 is 2.40 bits per heavy atom. The summed E-state index contributed by atoms with van der Waals surface area (Å²) in [5.41, 5.74) is 0. The molecule has 0 bridgehead atoms. The van der Waals surface area contributed by atoms with Gasteiger partial charge in [0.15, 0.2) is 0 Å². The average Bonchev–Trinajstić information content (AvgIpc) is 1.81. The number of hydrogen-bond acceptors (Lipinski definition) is 2. The summed E-state index contributed by atoms with van der Waals surface area (Å²) in [6.07, 6.45) is 4.65. The van der Waals surface area contributed by atoms with Gasteiger partial charge >= 0.3 is 5.97 Å². The van der Waals surface area contributed by atoms with Gasteiger partial charge in [-0.1, -0.05) is 34.8 Å². The van der Waals surface area contributed by atoms with Crippen molar-refractivity contribution < 1.29 is 9.53 Å². The van der Waals surface area contributed by atoms with Crippen molar-refractivity contribution >= 4 is 40.8 Å². The van der Waals surface area contributed by atoms with Gasteiger partial charge in [-0.25, -0.2) is 4.79 Å². The van der Waals surface area contributed by atoms with Crippen LogP contribution in [-0.2, 0) is 9.53 Å². The molecule has 10 heavy (non-hydrogen) atoms. The molecule has 0 aromatic carbocycles. The fourth-order valence-electron chi connectivity index (χ4n) is 0.189. The maximum absolute atomic E-state index is 10.2. The molecule has 0 atom stereocenters. The molecule has 0 N–H and O–H groups in total. The Morgan fingerprint density at radius 1 is 1.60 bits per heavy atom. The third-order valence-electron chi connectivity index (χ3n) is 0.485. The zero-order chi connectivity index (χ0) is 8.20. The van der Waals surface area contributed by atoms with Crippen LogP contribution < -0.4 is 0 Å². The molecule has 0 aliphatic heterocycles. The molecule has 0 radical (unpaired) electrons. The van der Waals surface area contributed by atoms with Gasteiger partial charge in [-0.15, -0.1) is 6.42 Å². The maximum Gasteiger partial charge on any atom is 0.384 e. The zero-order valence-electron chi connectivity index (χ0n) is 4.73. The van der Waals surface area contributed by atoms with E-state index < -0.39 is 9.76 Å². The lowest BCUT2D eigenvalue weighted by Gasteiger charge is -2.08. The summed E-state index contributed by atoms with van der Waals surface area (Å²) in [6, 6.07) is 0.